The number of aromatic amines is 1. The second-order valence-electron chi connectivity index (χ2n) is 4.73. The number of hydrogen-bond acceptors (Lipinski definition) is 2. The normalized spacial score (nSPS) is 18.1. The fourth-order valence-electron chi connectivity index (χ4n) is 2.36. The molecule has 0 saturated carbocycles. The summed E-state index contributed by atoms with van der Waals surface area (Å²) in [6, 6.07) is 10.9. The van der Waals surface area contributed by atoms with Gasteiger partial charge in [-0.2, -0.15) is 0 Å². The highest BCUT2D eigenvalue weighted by Gasteiger charge is 2.24. The standard InChI is InChI=1S/C15H12FNO2/c16-11-5-6-13(19-8-9-7-18-9)14-10-3-1-2-4-12(10)17-15(11)14/h1-6,9,17H,7-8H2/t9-/m1/s1. The number of fused-ring (bicyclic) bond motifs is 3. The summed E-state index contributed by atoms with van der Waals surface area (Å²) in [6.45, 7) is 1.26. The number of halogens is 1. The Labute approximate surface area is 108 Å². The minimum absolute atomic E-state index is 0.185. The third-order valence-corrected chi connectivity index (χ3v) is 3.40. The molecule has 0 bridgehead atoms. The van der Waals surface area contributed by atoms with Crippen molar-refractivity contribution in [2.24, 2.45) is 0 Å². The van der Waals surface area contributed by atoms with Crippen molar-refractivity contribution in [3.8, 4) is 5.75 Å². The molecule has 1 aliphatic rings. The zero-order valence-electron chi connectivity index (χ0n) is 10.2. The van der Waals surface area contributed by atoms with Crippen LogP contribution in [0.15, 0.2) is 36.4 Å². The molecule has 0 amide bonds. The van der Waals surface area contributed by atoms with Gasteiger partial charge in [-0.15, -0.1) is 0 Å². The second kappa shape index (κ2) is 3.96. The molecule has 1 saturated heterocycles. The van der Waals surface area contributed by atoms with Crippen LogP contribution in [0, 0.1) is 5.82 Å². The summed E-state index contributed by atoms with van der Waals surface area (Å²) in [7, 11) is 0. The van der Waals surface area contributed by atoms with Crippen molar-refractivity contribution >= 4 is 21.8 Å². The van der Waals surface area contributed by atoms with Crippen molar-refractivity contribution in [3.63, 3.8) is 0 Å². The van der Waals surface area contributed by atoms with E-state index in [1.165, 1.54) is 6.07 Å². The Morgan fingerprint density at radius 1 is 1.26 bits per heavy atom. The van der Waals surface area contributed by atoms with Crippen molar-refractivity contribution in [2.45, 2.75) is 6.10 Å². The van der Waals surface area contributed by atoms with Crippen LogP contribution in [0.5, 0.6) is 5.75 Å². The summed E-state index contributed by atoms with van der Waals surface area (Å²) >= 11 is 0. The lowest BCUT2D eigenvalue weighted by Gasteiger charge is -2.06. The minimum Gasteiger partial charge on any atom is -0.490 e. The summed E-state index contributed by atoms with van der Waals surface area (Å²) in [5, 5.41) is 1.78. The van der Waals surface area contributed by atoms with E-state index in [2.05, 4.69) is 4.98 Å². The lowest BCUT2D eigenvalue weighted by Crippen LogP contribution is -2.04. The number of ether oxygens (including phenoxy) is 2. The van der Waals surface area contributed by atoms with E-state index >= 15 is 0 Å². The Morgan fingerprint density at radius 3 is 2.95 bits per heavy atom. The van der Waals surface area contributed by atoms with Crippen molar-refractivity contribution < 1.29 is 13.9 Å². The molecule has 2 aromatic carbocycles. The molecule has 3 nitrogen and oxygen atoms in total. The molecule has 1 aromatic heterocycles. The number of epoxide rings is 1. The van der Waals surface area contributed by atoms with Gasteiger partial charge in [0.05, 0.1) is 17.5 Å². The van der Waals surface area contributed by atoms with E-state index in [1.807, 2.05) is 24.3 Å². The average Bonchev–Trinajstić information content (AvgIpc) is 3.17. The Bertz CT molecular complexity index is 761. The van der Waals surface area contributed by atoms with Crippen LogP contribution in [0.1, 0.15) is 0 Å². The number of hydrogen-bond donors (Lipinski definition) is 1. The number of rotatable bonds is 3. The molecule has 2 heterocycles. The Kier molecular flexibility index (Phi) is 2.26. The van der Waals surface area contributed by atoms with Gasteiger partial charge in [-0.05, 0) is 18.2 Å². The van der Waals surface area contributed by atoms with Gasteiger partial charge >= 0.3 is 0 Å². The number of aromatic nitrogens is 1. The summed E-state index contributed by atoms with van der Waals surface area (Å²) in [6.07, 6.45) is 0.185. The first-order chi connectivity index (χ1) is 9.33. The second-order valence-corrected chi connectivity index (χ2v) is 4.73. The molecular formula is C15H12FNO2. The molecule has 19 heavy (non-hydrogen) atoms. The van der Waals surface area contributed by atoms with Gasteiger partial charge in [0.25, 0.3) is 0 Å². The van der Waals surface area contributed by atoms with E-state index in [-0.39, 0.29) is 11.9 Å². The van der Waals surface area contributed by atoms with Crippen LogP contribution in [0.25, 0.3) is 21.8 Å². The van der Waals surface area contributed by atoms with Crippen molar-refractivity contribution in [1.29, 1.82) is 0 Å². The lowest BCUT2D eigenvalue weighted by atomic mass is 10.1. The van der Waals surface area contributed by atoms with Gasteiger partial charge in [-0.25, -0.2) is 4.39 Å². The predicted octanol–water partition coefficient (Wildman–Crippen LogP) is 3.24. The third-order valence-electron chi connectivity index (χ3n) is 3.40. The SMILES string of the molecule is Fc1ccc(OC[C@H]2CO2)c2c1[nH]c1ccccc12. The molecule has 1 N–H and O–H groups in total. The maximum Gasteiger partial charge on any atom is 0.147 e. The maximum absolute atomic E-state index is 13.9. The van der Waals surface area contributed by atoms with Gasteiger partial charge in [0.2, 0.25) is 0 Å². The van der Waals surface area contributed by atoms with E-state index in [0.29, 0.717) is 17.9 Å². The molecule has 1 fully saturated rings. The molecule has 96 valence electrons. The summed E-state index contributed by atoms with van der Waals surface area (Å²) in [5.74, 6) is 0.436. The van der Waals surface area contributed by atoms with Crippen LogP contribution in [0.3, 0.4) is 0 Å². The monoisotopic (exact) mass is 257 g/mol. The predicted molar refractivity (Wildman–Crippen MR) is 71.0 cm³/mol. The Balaban J connectivity index is 1.93. The molecule has 3 aromatic rings. The van der Waals surface area contributed by atoms with Crippen molar-refractivity contribution in [3.05, 3.63) is 42.2 Å². The topological polar surface area (TPSA) is 37.5 Å². The Hall–Kier alpha value is -2.07. The van der Waals surface area contributed by atoms with Gasteiger partial charge in [-0.3, -0.25) is 0 Å². The van der Waals surface area contributed by atoms with Crippen LogP contribution in [-0.4, -0.2) is 24.3 Å². The highest BCUT2D eigenvalue weighted by atomic mass is 19.1. The molecule has 4 rings (SSSR count). The Morgan fingerprint density at radius 2 is 2.11 bits per heavy atom. The fraction of sp³-hybridized carbons (Fsp3) is 0.200. The smallest absolute Gasteiger partial charge is 0.147 e. The third kappa shape index (κ3) is 1.76. The van der Waals surface area contributed by atoms with Gasteiger partial charge in [0.15, 0.2) is 0 Å². The van der Waals surface area contributed by atoms with Crippen LogP contribution < -0.4 is 4.74 Å². The van der Waals surface area contributed by atoms with E-state index in [1.54, 1.807) is 6.07 Å². The van der Waals surface area contributed by atoms with Crippen LogP contribution in [0.2, 0.25) is 0 Å². The summed E-state index contributed by atoms with van der Waals surface area (Å²) in [5.41, 5.74) is 1.41. The van der Waals surface area contributed by atoms with Crippen molar-refractivity contribution in [1.82, 2.24) is 4.98 Å². The number of para-hydroxylation sites is 1. The molecular weight excluding hydrogens is 245 g/mol. The fourth-order valence-corrected chi connectivity index (χ4v) is 2.36. The van der Waals surface area contributed by atoms with Crippen LogP contribution in [-0.2, 0) is 4.74 Å². The molecule has 4 heteroatoms. The van der Waals surface area contributed by atoms with E-state index in [4.69, 9.17) is 9.47 Å². The average molecular weight is 257 g/mol. The van der Waals surface area contributed by atoms with E-state index in [0.717, 1.165) is 22.9 Å². The van der Waals surface area contributed by atoms with Crippen LogP contribution in [0.4, 0.5) is 4.39 Å². The zero-order chi connectivity index (χ0) is 12.8. The first-order valence-corrected chi connectivity index (χ1v) is 6.26. The number of benzene rings is 2. The van der Waals surface area contributed by atoms with E-state index < -0.39 is 0 Å². The lowest BCUT2D eigenvalue weighted by molar-refractivity contribution is 0.265. The summed E-state index contributed by atoms with van der Waals surface area (Å²) < 4.78 is 24.8. The van der Waals surface area contributed by atoms with Gasteiger partial charge in [-0.1, -0.05) is 18.2 Å². The first kappa shape index (κ1) is 10.8. The summed E-state index contributed by atoms with van der Waals surface area (Å²) in [4.78, 5) is 3.10. The first-order valence-electron chi connectivity index (χ1n) is 6.26. The molecule has 0 spiro atoms. The highest BCUT2D eigenvalue weighted by Crippen LogP contribution is 2.34. The molecule has 0 aliphatic carbocycles. The molecule has 0 radical (unpaired) electrons. The molecule has 1 aliphatic heterocycles. The van der Waals surface area contributed by atoms with E-state index in [9.17, 15) is 4.39 Å². The highest BCUT2D eigenvalue weighted by molar-refractivity contribution is 6.10. The van der Waals surface area contributed by atoms with Gasteiger partial charge in [0.1, 0.15) is 24.3 Å². The zero-order valence-corrected chi connectivity index (χ0v) is 10.2. The maximum atomic E-state index is 13.9. The quantitative estimate of drug-likeness (QED) is 0.731. The van der Waals surface area contributed by atoms with Gasteiger partial charge in [0, 0.05) is 10.9 Å². The minimum atomic E-state index is -0.263. The van der Waals surface area contributed by atoms with Gasteiger partial charge < -0.3 is 14.5 Å². The number of H-pyrrole nitrogens is 1. The van der Waals surface area contributed by atoms with Crippen molar-refractivity contribution in [2.75, 3.05) is 13.2 Å². The van der Waals surface area contributed by atoms with Crippen LogP contribution >= 0.6 is 0 Å². The largest absolute Gasteiger partial charge is 0.490 e. The number of nitrogens with one attached hydrogen (secondary N) is 1. The molecule has 1 atom stereocenters. The molecule has 0 unspecified atom stereocenters.